The summed E-state index contributed by atoms with van der Waals surface area (Å²) in [7, 11) is 0. The molecule has 2 saturated carbocycles. The van der Waals surface area contributed by atoms with Crippen molar-refractivity contribution in [3.05, 3.63) is 28.8 Å². The smallest absolute Gasteiger partial charge is 0.0319 e. The van der Waals surface area contributed by atoms with Crippen LogP contribution in [0.25, 0.3) is 0 Å². The summed E-state index contributed by atoms with van der Waals surface area (Å²) in [4.78, 5) is 0. The van der Waals surface area contributed by atoms with E-state index in [1.165, 1.54) is 36.8 Å². The molecule has 1 aromatic rings. The molecular formula is C15H21N. The van der Waals surface area contributed by atoms with E-state index in [1.807, 2.05) is 0 Å². The molecule has 3 atom stereocenters. The van der Waals surface area contributed by atoms with E-state index in [2.05, 4.69) is 26.0 Å². The van der Waals surface area contributed by atoms with Gasteiger partial charge in [0.2, 0.25) is 0 Å². The molecule has 0 aromatic heterocycles. The van der Waals surface area contributed by atoms with Crippen molar-refractivity contribution >= 4 is 5.69 Å². The molecule has 0 saturated heterocycles. The van der Waals surface area contributed by atoms with E-state index in [9.17, 15) is 0 Å². The van der Waals surface area contributed by atoms with Crippen molar-refractivity contribution in [3.8, 4) is 0 Å². The van der Waals surface area contributed by atoms with Gasteiger partial charge in [0, 0.05) is 5.69 Å². The van der Waals surface area contributed by atoms with Crippen LogP contribution in [-0.4, -0.2) is 0 Å². The van der Waals surface area contributed by atoms with Crippen molar-refractivity contribution in [1.29, 1.82) is 0 Å². The van der Waals surface area contributed by atoms with E-state index < -0.39 is 0 Å². The average molecular weight is 215 g/mol. The SMILES string of the molecule is Cc1cc(N)cc(C)c1C1CC2CCC1C2. The molecule has 0 amide bonds. The topological polar surface area (TPSA) is 26.0 Å². The van der Waals surface area contributed by atoms with E-state index in [4.69, 9.17) is 5.73 Å². The lowest BCUT2D eigenvalue weighted by atomic mass is 9.79. The number of hydrogen-bond donors (Lipinski definition) is 1. The lowest BCUT2D eigenvalue weighted by molar-refractivity contribution is 0.417. The Labute approximate surface area is 98.0 Å². The Morgan fingerprint density at radius 2 is 1.75 bits per heavy atom. The summed E-state index contributed by atoms with van der Waals surface area (Å²) in [5.74, 6) is 2.82. The van der Waals surface area contributed by atoms with Crippen molar-refractivity contribution in [2.75, 3.05) is 5.73 Å². The lowest BCUT2D eigenvalue weighted by Gasteiger charge is -2.25. The van der Waals surface area contributed by atoms with Gasteiger partial charge in [0.25, 0.3) is 0 Å². The molecule has 3 rings (SSSR count). The molecule has 0 heterocycles. The van der Waals surface area contributed by atoms with Gasteiger partial charge in [-0.05, 0) is 79.7 Å². The minimum atomic E-state index is 0.833. The summed E-state index contributed by atoms with van der Waals surface area (Å²) in [6.07, 6.45) is 5.84. The highest BCUT2D eigenvalue weighted by molar-refractivity contribution is 5.50. The number of anilines is 1. The van der Waals surface area contributed by atoms with Crippen LogP contribution in [0.4, 0.5) is 5.69 Å². The second-order valence-electron chi connectivity index (χ2n) is 5.85. The zero-order chi connectivity index (χ0) is 11.3. The van der Waals surface area contributed by atoms with Crippen LogP contribution < -0.4 is 5.73 Å². The second kappa shape index (κ2) is 3.51. The number of hydrogen-bond acceptors (Lipinski definition) is 1. The average Bonchev–Trinajstić information content (AvgIpc) is 2.77. The summed E-state index contributed by atoms with van der Waals surface area (Å²) >= 11 is 0. The van der Waals surface area contributed by atoms with Crippen molar-refractivity contribution in [2.45, 2.75) is 45.4 Å². The Kier molecular flexibility index (Phi) is 2.24. The van der Waals surface area contributed by atoms with Crippen LogP contribution in [0.1, 0.15) is 48.3 Å². The molecule has 1 aromatic carbocycles. The lowest BCUT2D eigenvalue weighted by Crippen LogP contribution is -2.11. The molecule has 0 aliphatic heterocycles. The summed E-state index contributed by atoms with van der Waals surface area (Å²) in [6.45, 7) is 4.45. The van der Waals surface area contributed by atoms with Crippen molar-refractivity contribution in [3.63, 3.8) is 0 Å². The Balaban J connectivity index is 2.01. The predicted molar refractivity (Wildman–Crippen MR) is 68.5 cm³/mol. The highest BCUT2D eigenvalue weighted by Crippen LogP contribution is 2.54. The molecule has 2 aliphatic rings. The summed E-state index contributed by atoms with van der Waals surface area (Å²) in [5.41, 5.74) is 11.3. The van der Waals surface area contributed by atoms with E-state index in [0.717, 1.165) is 23.4 Å². The first-order valence-electron chi connectivity index (χ1n) is 6.51. The third-order valence-corrected chi connectivity index (χ3v) is 4.72. The molecule has 2 fully saturated rings. The van der Waals surface area contributed by atoms with Gasteiger partial charge < -0.3 is 5.73 Å². The number of rotatable bonds is 1. The summed E-state index contributed by atoms with van der Waals surface area (Å²) < 4.78 is 0. The number of nitrogen functional groups attached to an aromatic ring is 1. The van der Waals surface area contributed by atoms with Crippen LogP contribution in [0, 0.1) is 25.7 Å². The van der Waals surface area contributed by atoms with E-state index in [1.54, 1.807) is 5.56 Å². The van der Waals surface area contributed by atoms with Crippen molar-refractivity contribution in [2.24, 2.45) is 11.8 Å². The number of nitrogens with two attached hydrogens (primary N) is 1. The van der Waals surface area contributed by atoms with Crippen LogP contribution in [0.3, 0.4) is 0 Å². The maximum absolute atomic E-state index is 5.90. The zero-order valence-corrected chi connectivity index (χ0v) is 10.3. The molecule has 2 N–H and O–H groups in total. The molecule has 16 heavy (non-hydrogen) atoms. The van der Waals surface area contributed by atoms with Crippen molar-refractivity contribution < 1.29 is 0 Å². The Morgan fingerprint density at radius 1 is 1.06 bits per heavy atom. The monoisotopic (exact) mass is 215 g/mol. The molecule has 3 unspecified atom stereocenters. The third-order valence-electron chi connectivity index (χ3n) is 4.72. The van der Waals surface area contributed by atoms with Crippen molar-refractivity contribution in [1.82, 2.24) is 0 Å². The maximum atomic E-state index is 5.90. The standard InChI is InChI=1S/C15H21N/c1-9-5-13(16)6-10(2)15(9)14-8-11-3-4-12(14)7-11/h5-6,11-12,14H,3-4,7-8,16H2,1-2H3. The molecule has 2 bridgehead atoms. The summed E-state index contributed by atoms with van der Waals surface area (Å²) in [6, 6.07) is 4.29. The molecular weight excluding hydrogens is 194 g/mol. The highest BCUT2D eigenvalue weighted by Gasteiger charge is 2.40. The van der Waals surface area contributed by atoms with E-state index in [0.29, 0.717) is 0 Å². The highest BCUT2D eigenvalue weighted by atomic mass is 14.5. The molecule has 86 valence electrons. The molecule has 2 aliphatic carbocycles. The fourth-order valence-corrected chi connectivity index (χ4v) is 4.19. The number of fused-ring (bicyclic) bond motifs is 2. The molecule has 1 heteroatoms. The van der Waals surface area contributed by atoms with Gasteiger partial charge in [0.1, 0.15) is 0 Å². The Hall–Kier alpha value is -0.980. The van der Waals surface area contributed by atoms with Crippen LogP contribution in [0.2, 0.25) is 0 Å². The Bertz CT molecular complexity index is 398. The Morgan fingerprint density at radius 3 is 2.25 bits per heavy atom. The largest absolute Gasteiger partial charge is 0.399 e. The van der Waals surface area contributed by atoms with Gasteiger partial charge in [-0.15, -0.1) is 0 Å². The zero-order valence-electron chi connectivity index (χ0n) is 10.3. The van der Waals surface area contributed by atoms with Crippen LogP contribution in [0.5, 0.6) is 0 Å². The fraction of sp³-hybridized carbons (Fsp3) is 0.600. The first-order chi connectivity index (χ1) is 7.65. The number of aryl methyl sites for hydroxylation is 2. The minimum Gasteiger partial charge on any atom is -0.399 e. The summed E-state index contributed by atoms with van der Waals surface area (Å²) in [5, 5.41) is 0. The molecule has 1 nitrogen and oxygen atoms in total. The third kappa shape index (κ3) is 1.45. The van der Waals surface area contributed by atoms with Gasteiger partial charge >= 0.3 is 0 Å². The normalized spacial score (nSPS) is 32.2. The van der Waals surface area contributed by atoms with Gasteiger partial charge in [0.15, 0.2) is 0 Å². The van der Waals surface area contributed by atoms with Gasteiger partial charge in [0.05, 0.1) is 0 Å². The second-order valence-corrected chi connectivity index (χ2v) is 5.85. The van der Waals surface area contributed by atoms with Crippen LogP contribution in [0.15, 0.2) is 12.1 Å². The quantitative estimate of drug-likeness (QED) is 0.709. The van der Waals surface area contributed by atoms with Gasteiger partial charge in [-0.1, -0.05) is 6.42 Å². The van der Waals surface area contributed by atoms with E-state index in [-0.39, 0.29) is 0 Å². The van der Waals surface area contributed by atoms with Crippen LogP contribution >= 0.6 is 0 Å². The molecule has 0 spiro atoms. The van der Waals surface area contributed by atoms with Gasteiger partial charge in [-0.2, -0.15) is 0 Å². The fourth-order valence-electron chi connectivity index (χ4n) is 4.19. The molecule has 0 radical (unpaired) electrons. The first-order valence-corrected chi connectivity index (χ1v) is 6.51. The first kappa shape index (κ1) is 10.2. The predicted octanol–water partition coefficient (Wildman–Crippen LogP) is 3.79. The van der Waals surface area contributed by atoms with Crippen LogP contribution in [-0.2, 0) is 0 Å². The maximum Gasteiger partial charge on any atom is 0.0319 e. The van der Waals surface area contributed by atoms with Gasteiger partial charge in [-0.3, -0.25) is 0 Å². The van der Waals surface area contributed by atoms with E-state index >= 15 is 0 Å². The number of benzene rings is 1. The van der Waals surface area contributed by atoms with Gasteiger partial charge in [-0.25, -0.2) is 0 Å². The minimum absolute atomic E-state index is 0.833.